The van der Waals surface area contributed by atoms with Crippen molar-refractivity contribution < 1.29 is 9.15 Å². The predicted molar refractivity (Wildman–Crippen MR) is 82.5 cm³/mol. The Labute approximate surface area is 125 Å². The minimum Gasteiger partial charge on any atom is -0.496 e. The van der Waals surface area contributed by atoms with Crippen molar-refractivity contribution in [2.24, 2.45) is 0 Å². The van der Waals surface area contributed by atoms with Crippen LogP contribution in [-0.4, -0.2) is 29.4 Å². The molecule has 0 aliphatic rings. The highest BCUT2D eigenvalue weighted by molar-refractivity contribution is 5.63. The van der Waals surface area contributed by atoms with Crippen molar-refractivity contribution >= 4 is 0 Å². The first-order chi connectivity index (χ1) is 9.89. The molecule has 5 heteroatoms. The zero-order valence-electron chi connectivity index (χ0n) is 13.4. The van der Waals surface area contributed by atoms with Crippen molar-refractivity contribution in [2.75, 3.05) is 13.7 Å². The second-order valence-electron chi connectivity index (χ2n) is 6.13. The molecular formula is C16H23N3O2. The van der Waals surface area contributed by atoms with Crippen LogP contribution >= 0.6 is 0 Å². The lowest BCUT2D eigenvalue weighted by Crippen LogP contribution is -2.37. The number of nitrogens with one attached hydrogen (secondary N) is 1. The van der Waals surface area contributed by atoms with Crippen molar-refractivity contribution in [3.05, 3.63) is 29.7 Å². The molecule has 1 aromatic heterocycles. The van der Waals surface area contributed by atoms with Gasteiger partial charge in [-0.2, -0.15) is 0 Å². The van der Waals surface area contributed by atoms with Crippen LogP contribution in [0.15, 0.2) is 22.6 Å². The second kappa shape index (κ2) is 6.26. The average Bonchev–Trinajstić information content (AvgIpc) is 2.86. The minimum absolute atomic E-state index is 0.0859. The average molecular weight is 289 g/mol. The SMILES string of the molecule is COc1ccc(C)cc1-c1nnc(CCNC(C)(C)C)o1. The maximum atomic E-state index is 5.74. The van der Waals surface area contributed by atoms with E-state index < -0.39 is 0 Å². The summed E-state index contributed by atoms with van der Waals surface area (Å²) in [6.07, 6.45) is 0.707. The lowest BCUT2D eigenvalue weighted by atomic mass is 10.1. The van der Waals surface area contributed by atoms with E-state index in [1.807, 2.05) is 25.1 Å². The van der Waals surface area contributed by atoms with Gasteiger partial charge in [-0.1, -0.05) is 11.6 Å². The molecule has 0 aliphatic carbocycles. The Hall–Kier alpha value is -1.88. The van der Waals surface area contributed by atoms with Crippen LogP contribution in [0.2, 0.25) is 0 Å². The molecule has 5 nitrogen and oxygen atoms in total. The Kier molecular flexibility index (Phi) is 4.63. The van der Waals surface area contributed by atoms with E-state index in [1.165, 1.54) is 0 Å². The highest BCUT2D eigenvalue weighted by Gasteiger charge is 2.14. The van der Waals surface area contributed by atoms with Crippen molar-refractivity contribution in [1.29, 1.82) is 0 Å². The van der Waals surface area contributed by atoms with E-state index in [9.17, 15) is 0 Å². The fraction of sp³-hybridized carbons (Fsp3) is 0.500. The quantitative estimate of drug-likeness (QED) is 0.917. The number of hydrogen-bond donors (Lipinski definition) is 1. The normalized spacial score (nSPS) is 11.7. The molecule has 1 aromatic carbocycles. The monoisotopic (exact) mass is 289 g/mol. The molecule has 0 bridgehead atoms. The Bertz CT molecular complexity index is 600. The smallest absolute Gasteiger partial charge is 0.251 e. The predicted octanol–water partition coefficient (Wildman–Crippen LogP) is 2.98. The van der Waals surface area contributed by atoms with Crippen molar-refractivity contribution in [2.45, 2.75) is 39.7 Å². The van der Waals surface area contributed by atoms with Gasteiger partial charge in [0.25, 0.3) is 5.89 Å². The third kappa shape index (κ3) is 4.29. The van der Waals surface area contributed by atoms with Crippen LogP contribution in [0.25, 0.3) is 11.5 Å². The van der Waals surface area contributed by atoms with Crippen LogP contribution in [0.1, 0.15) is 32.2 Å². The lowest BCUT2D eigenvalue weighted by molar-refractivity contribution is 0.407. The largest absolute Gasteiger partial charge is 0.496 e. The van der Waals surface area contributed by atoms with Crippen LogP contribution in [0.5, 0.6) is 5.75 Å². The van der Waals surface area contributed by atoms with Crippen LogP contribution in [-0.2, 0) is 6.42 Å². The number of nitrogens with zero attached hydrogens (tertiary/aromatic N) is 2. The Morgan fingerprint density at radius 2 is 2.00 bits per heavy atom. The first kappa shape index (κ1) is 15.5. The molecule has 0 amide bonds. The van der Waals surface area contributed by atoms with Crippen molar-refractivity contribution in [3.63, 3.8) is 0 Å². The first-order valence-electron chi connectivity index (χ1n) is 7.11. The first-order valence-corrected chi connectivity index (χ1v) is 7.11. The van der Waals surface area contributed by atoms with Gasteiger partial charge >= 0.3 is 0 Å². The van der Waals surface area contributed by atoms with E-state index in [1.54, 1.807) is 7.11 Å². The highest BCUT2D eigenvalue weighted by Crippen LogP contribution is 2.29. The van der Waals surface area contributed by atoms with Gasteiger partial charge in [-0.15, -0.1) is 10.2 Å². The van der Waals surface area contributed by atoms with Gasteiger partial charge in [-0.3, -0.25) is 0 Å². The molecule has 0 saturated heterocycles. The van der Waals surface area contributed by atoms with Crippen molar-refractivity contribution in [1.82, 2.24) is 15.5 Å². The molecule has 0 atom stereocenters. The maximum absolute atomic E-state index is 5.74. The summed E-state index contributed by atoms with van der Waals surface area (Å²) in [5.41, 5.74) is 2.04. The van der Waals surface area contributed by atoms with E-state index >= 15 is 0 Å². The summed E-state index contributed by atoms with van der Waals surface area (Å²) >= 11 is 0. The number of aryl methyl sites for hydroxylation is 1. The van der Waals surface area contributed by atoms with E-state index in [-0.39, 0.29) is 5.54 Å². The van der Waals surface area contributed by atoms with Crippen LogP contribution in [0, 0.1) is 6.92 Å². The van der Waals surface area contributed by atoms with Gasteiger partial charge in [-0.25, -0.2) is 0 Å². The Balaban J connectivity index is 2.11. The van der Waals surface area contributed by atoms with E-state index in [2.05, 4.69) is 36.3 Å². The molecular weight excluding hydrogens is 266 g/mol. The van der Waals surface area contributed by atoms with E-state index in [0.29, 0.717) is 18.2 Å². The second-order valence-corrected chi connectivity index (χ2v) is 6.13. The van der Waals surface area contributed by atoms with Gasteiger partial charge in [0.15, 0.2) is 0 Å². The molecule has 0 unspecified atom stereocenters. The molecule has 2 aromatic rings. The standard InChI is InChI=1S/C16H23N3O2/c1-11-6-7-13(20-5)12(10-11)15-19-18-14(21-15)8-9-17-16(2,3)4/h6-7,10,17H,8-9H2,1-5H3. The van der Waals surface area contributed by atoms with Gasteiger partial charge in [0.05, 0.1) is 12.7 Å². The fourth-order valence-corrected chi connectivity index (χ4v) is 2.00. The maximum Gasteiger partial charge on any atom is 0.251 e. The van der Waals surface area contributed by atoms with Gasteiger partial charge in [0, 0.05) is 18.5 Å². The van der Waals surface area contributed by atoms with Crippen molar-refractivity contribution in [3.8, 4) is 17.2 Å². The van der Waals surface area contributed by atoms with Gasteiger partial charge in [-0.05, 0) is 39.8 Å². The minimum atomic E-state index is 0.0859. The molecule has 0 aliphatic heterocycles. The summed E-state index contributed by atoms with van der Waals surface area (Å²) in [6.45, 7) is 9.21. The molecule has 114 valence electrons. The number of methoxy groups -OCH3 is 1. The number of benzene rings is 1. The molecule has 0 fully saturated rings. The summed E-state index contributed by atoms with van der Waals surface area (Å²) in [6, 6.07) is 5.89. The molecule has 2 rings (SSSR count). The zero-order valence-corrected chi connectivity index (χ0v) is 13.4. The molecule has 1 heterocycles. The number of aromatic nitrogens is 2. The number of hydrogen-bond acceptors (Lipinski definition) is 5. The molecule has 21 heavy (non-hydrogen) atoms. The van der Waals surface area contributed by atoms with E-state index in [0.717, 1.165) is 23.4 Å². The van der Waals surface area contributed by atoms with Gasteiger partial charge in [0.1, 0.15) is 5.75 Å². The third-order valence-corrected chi connectivity index (χ3v) is 3.05. The van der Waals surface area contributed by atoms with Crippen LogP contribution < -0.4 is 10.1 Å². The van der Waals surface area contributed by atoms with Crippen LogP contribution in [0.4, 0.5) is 0 Å². The summed E-state index contributed by atoms with van der Waals surface area (Å²) in [5.74, 6) is 1.87. The summed E-state index contributed by atoms with van der Waals surface area (Å²) in [7, 11) is 1.64. The Morgan fingerprint density at radius 1 is 1.24 bits per heavy atom. The molecule has 0 saturated carbocycles. The third-order valence-electron chi connectivity index (χ3n) is 3.05. The van der Waals surface area contributed by atoms with Gasteiger partial charge < -0.3 is 14.5 Å². The summed E-state index contributed by atoms with van der Waals surface area (Å²) in [5, 5.41) is 11.6. The van der Waals surface area contributed by atoms with Crippen LogP contribution in [0.3, 0.4) is 0 Å². The topological polar surface area (TPSA) is 60.2 Å². The number of ether oxygens (including phenoxy) is 1. The van der Waals surface area contributed by atoms with E-state index in [4.69, 9.17) is 9.15 Å². The summed E-state index contributed by atoms with van der Waals surface area (Å²) in [4.78, 5) is 0. The summed E-state index contributed by atoms with van der Waals surface area (Å²) < 4.78 is 11.1. The lowest BCUT2D eigenvalue weighted by Gasteiger charge is -2.19. The fourth-order valence-electron chi connectivity index (χ4n) is 2.00. The van der Waals surface area contributed by atoms with Gasteiger partial charge in [0.2, 0.25) is 5.89 Å². The highest BCUT2D eigenvalue weighted by atomic mass is 16.5. The molecule has 0 radical (unpaired) electrons. The zero-order chi connectivity index (χ0) is 15.5. The Morgan fingerprint density at radius 3 is 2.67 bits per heavy atom. The molecule has 1 N–H and O–H groups in total. The number of rotatable bonds is 5. The molecule has 0 spiro atoms.